The lowest BCUT2D eigenvalue weighted by molar-refractivity contribution is -0.138. The minimum atomic E-state index is 0.120. The number of pyridine rings is 3. The lowest BCUT2D eigenvalue weighted by atomic mass is 9.93. The minimum Gasteiger partial charge on any atom is -0.384 e. The number of hydrogen-bond donors (Lipinski definition) is 2. The number of nitrogens with zero attached hydrogens (tertiary/aromatic N) is 6. The van der Waals surface area contributed by atoms with Crippen molar-refractivity contribution in [2.24, 2.45) is 5.92 Å². The Kier molecular flexibility index (Phi) is 9.65. The number of rotatable bonds is 10. The number of piperidine rings is 2. The summed E-state index contributed by atoms with van der Waals surface area (Å²) in [5.74, 6) is 1.84. The Labute approximate surface area is 243 Å². The highest BCUT2D eigenvalue weighted by Crippen LogP contribution is 2.31. The Morgan fingerprint density at radius 3 is 2.54 bits per heavy atom. The van der Waals surface area contributed by atoms with Crippen LogP contribution in [0.15, 0.2) is 61.1 Å². The molecule has 2 fully saturated rings. The molecule has 5 rings (SSSR count). The molecule has 5 heterocycles. The molecule has 9 heteroatoms. The van der Waals surface area contributed by atoms with Crippen LogP contribution in [0, 0.1) is 18.4 Å². The second-order valence-corrected chi connectivity index (χ2v) is 11.0. The van der Waals surface area contributed by atoms with Gasteiger partial charge in [-0.3, -0.25) is 9.78 Å². The van der Waals surface area contributed by atoms with Gasteiger partial charge in [-0.05, 0) is 100 Å². The van der Waals surface area contributed by atoms with Crippen molar-refractivity contribution < 1.29 is 4.79 Å². The smallest absolute Gasteiger partial charge is 0.225 e. The van der Waals surface area contributed by atoms with Crippen molar-refractivity contribution in [2.75, 3.05) is 48.7 Å². The third-order valence-corrected chi connectivity index (χ3v) is 8.26. The highest BCUT2D eigenvalue weighted by molar-refractivity contribution is 5.79. The number of terminal acetylenes is 1. The van der Waals surface area contributed by atoms with E-state index in [1.54, 1.807) is 12.4 Å². The number of amides is 1. The molecule has 0 saturated carbocycles. The van der Waals surface area contributed by atoms with Crippen LogP contribution in [-0.2, 0) is 17.8 Å². The molecule has 2 aliphatic heterocycles. The van der Waals surface area contributed by atoms with Crippen LogP contribution in [-0.4, -0.2) is 69.4 Å². The Morgan fingerprint density at radius 1 is 1.00 bits per heavy atom. The van der Waals surface area contributed by atoms with Crippen molar-refractivity contribution in [2.45, 2.75) is 51.1 Å². The molecular formula is C32H40N8O. The SMILES string of the molecule is C#CNc1cccnc1N(Cc1ccccn1)C1CCN(C(=O)C2CCN(CCCc3ccnc(N)c3)CC2)CC1. The first-order chi connectivity index (χ1) is 20.1. The number of aromatic nitrogens is 3. The van der Waals surface area contributed by atoms with Crippen LogP contribution in [0.25, 0.3) is 0 Å². The van der Waals surface area contributed by atoms with Crippen LogP contribution in [0.4, 0.5) is 17.3 Å². The number of nitrogens with one attached hydrogen (secondary N) is 1. The number of carbonyl (C=O) groups excluding carboxylic acids is 1. The van der Waals surface area contributed by atoms with Gasteiger partial charge in [-0.1, -0.05) is 12.5 Å². The first-order valence-electron chi connectivity index (χ1n) is 14.7. The van der Waals surface area contributed by atoms with Gasteiger partial charge < -0.3 is 25.8 Å². The fourth-order valence-corrected chi connectivity index (χ4v) is 6.06. The summed E-state index contributed by atoms with van der Waals surface area (Å²) in [5.41, 5.74) is 8.81. The molecule has 1 amide bonds. The molecule has 214 valence electrons. The largest absolute Gasteiger partial charge is 0.384 e. The third kappa shape index (κ3) is 7.53. The van der Waals surface area contributed by atoms with Crippen molar-refractivity contribution >= 4 is 23.2 Å². The summed E-state index contributed by atoms with van der Waals surface area (Å²) in [7, 11) is 0. The lowest BCUT2D eigenvalue weighted by Gasteiger charge is -2.41. The molecule has 0 aromatic carbocycles. The molecule has 0 spiro atoms. The molecule has 0 bridgehead atoms. The van der Waals surface area contributed by atoms with Crippen LogP contribution in [0.5, 0.6) is 0 Å². The highest BCUT2D eigenvalue weighted by atomic mass is 16.2. The van der Waals surface area contributed by atoms with Gasteiger partial charge in [0.05, 0.1) is 17.9 Å². The maximum absolute atomic E-state index is 13.5. The Morgan fingerprint density at radius 2 is 1.80 bits per heavy atom. The number of hydrogen-bond acceptors (Lipinski definition) is 8. The quantitative estimate of drug-likeness (QED) is 0.289. The third-order valence-electron chi connectivity index (χ3n) is 8.26. The standard InChI is InChI=1S/C32H40N8O/c1-2-34-29-9-5-16-37-31(29)40(24-27-8-3-4-15-35-27)28-13-21-39(22-14-28)32(41)26-11-19-38(20-12-26)18-6-7-25-10-17-36-30(33)23-25/h1,3-5,8-10,15-17,23,26,28,34H,6-7,11-14,18-22,24H2,(H2,33,36). The van der Waals surface area contributed by atoms with Gasteiger partial charge in [0.2, 0.25) is 5.91 Å². The van der Waals surface area contributed by atoms with E-state index in [0.717, 1.165) is 88.4 Å². The van der Waals surface area contributed by atoms with Gasteiger partial charge in [-0.2, -0.15) is 0 Å². The fourth-order valence-electron chi connectivity index (χ4n) is 6.06. The zero-order valence-electron chi connectivity index (χ0n) is 23.7. The predicted octanol–water partition coefficient (Wildman–Crippen LogP) is 3.80. The first-order valence-corrected chi connectivity index (χ1v) is 14.7. The molecule has 0 radical (unpaired) electrons. The molecule has 41 heavy (non-hydrogen) atoms. The fraction of sp³-hybridized carbons (Fsp3) is 0.438. The van der Waals surface area contributed by atoms with Crippen LogP contribution < -0.4 is 16.0 Å². The summed E-state index contributed by atoms with van der Waals surface area (Å²) in [4.78, 5) is 33.7. The number of nitrogens with two attached hydrogens (primary N) is 1. The molecular weight excluding hydrogens is 512 g/mol. The highest BCUT2D eigenvalue weighted by Gasteiger charge is 2.33. The molecule has 9 nitrogen and oxygen atoms in total. The second kappa shape index (κ2) is 14.0. The molecule has 0 unspecified atom stereocenters. The van der Waals surface area contributed by atoms with Crippen molar-refractivity contribution in [3.8, 4) is 12.5 Å². The monoisotopic (exact) mass is 552 g/mol. The molecule has 3 N–H and O–H groups in total. The predicted molar refractivity (Wildman–Crippen MR) is 163 cm³/mol. The number of nitrogen functional groups attached to an aromatic ring is 1. The van der Waals surface area contributed by atoms with Gasteiger partial charge in [-0.15, -0.1) is 0 Å². The first kappa shape index (κ1) is 28.4. The van der Waals surface area contributed by atoms with Gasteiger partial charge in [0.1, 0.15) is 5.82 Å². The van der Waals surface area contributed by atoms with Gasteiger partial charge in [-0.25, -0.2) is 9.97 Å². The summed E-state index contributed by atoms with van der Waals surface area (Å²) in [5, 5.41) is 3.01. The molecule has 0 atom stereocenters. The lowest BCUT2D eigenvalue weighted by Crippen LogP contribution is -2.50. The minimum absolute atomic E-state index is 0.120. The summed E-state index contributed by atoms with van der Waals surface area (Å²) in [6.45, 7) is 5.14. The van der Waals surface area contributed by atoms with Crippen LogP contribution in [0.2, 0.25) is 0 Å². The summed E-state index contributed by atoms with van der Waals surface area (Å²) >= 11 is 0. The van der Waals surface area contributed by atoms with E-state index in [0.29, 0.717) is 18.3 Å². The topological polar surface area (TPSA) is 104 Å². The van der Waals surface area contributed by atoms with Gasteiger partial charge in [0.25, 0.3) is 0 Å². The van der Waals surface area contributed by atoms with Crippen LogP contribution in [0.3, 0.4) is 0 Å². The van der Waals surface area contributed by atoms with E-state index in [-0.39, 0.29) is 12.0 Å². The number of aryl methyl sites for hydroxylation is 1. The maximum Gasteiger partial charge on any atom is 0.225 e. The normalized spacial score (nSPS) is 16.7. The average Bonchev–Trinajstić information content (AvgIpc) is 3.01. The van der Waals surface area contributed by atoms with E-state index < -0.39 is 0 Å². The summed E-state index contributed by atoms with van der Waals surface area (Å²) in [6.07, 6.45) is 16.7. The molecule has 2 saturated heterocycles. The van der Waals surface area contributed by atoms with Gasteiger partial charge in [0, 0.05) is 49.7 Å². The Bertz CT molecular complexity index is 1310. The van der Waals surface area contributed by atoms with E-state index in [4.69, 9.17) is 17.1 Å². The zero-order chi connectivity index (χ0) is 28.4. The molecule has 0 aliphatic carbocycles. The van der Waals surface area contributed by atoms with Crippen molar-refractivity contribution in [3.63, 3.8) is 0 Å². The van der Waals surface area contributed by atoms with E-state index in [2.05, 4.69) is 36.0 Å². The number of likely N-dealkylation sites (tertiary alicyclic amines) is 2. The summed E-state index contributed by atoms with van der Waals surface area (Å²) < 4.78 is 0. The maximum atomic E-state index is 13.5. The average molecular weight is 553 g/mol. The van der Waals surface area contributed by atoms with Crippen molar-refractivity contribution in [3.05, 3.63) is 72.3 Å². The van der Waals surface area contributed by atoms with E-state index in [9.17, 15) is 4.79 Å². The van der Waals surface area contributed by atoms with E-state index in [1.165, 1.54) is 5.56 Å². The van der Waals surface area contributed by atoms with Crippen molar-refractivity contribution in [1.82, 2.24) is 24.8 Å². The molecule has 3 aromatic heterocycles. The Hall–Kier alpha value is -4.16. The molecule has 2 aliphatic rings. The second-order valence-electron chi connectivity index (χ2n) is 11.0. The van der Waals surface area contributed by atoms with Crippen LogP contribution in [0.1, 0.15) is 43.4 Å². The number of anilines is 3. The van der Waals surface area contributed by atoms with Crippen molar-refractivity contribution in [1.29, 1.82) is 0 Å². The zero-order valence-corrected chi connectivity index (χ0v) is 23.7. The van der Waals surface area contributed by atoms with Gasteiger partial charge >= 0.3 is 0 Å². The van der Waals surface area contributed by atoms with Crippen LogP contribution >= 0.6 is 0 Å². The van der Waals surface area contributed by atoms with E-state index in [1.807, 2.05) is 48.7 Å². The summed E-state index contributed by atoms with van der Waals surface area (Å²) in [6, 6.07) is 16.5. The Balaban J connectivity index is 1.13. The van der Waals surface area contributed by atoms with E-state index >= 15 is 0 Å². The molecule has 3 aromatic rings. The van der Waals surface area contributed by atoms with Gasteiger partial charge in [0.15, 0.2) is 5.82 Å². The number of carbonyl (C=O) groups is 1.